The second-order valence-corrected chi connectivity index (χ2v) is 4.70. The van der Waals surface area contributed by atoms with Gasteiger partial charge in [-0.3, -0.25) is 4.79 Å². The Bertz CT molecular complexity index is 412. The summed E-state index contributed by atoms with van der Waals surface area (Å²) in [6.07, 6.45) is 0. The van der Waals surface area contributed by atoms with Crippen LogP contribution in [0.1, 0.15) is 32.3 Å². The van der Waals surface area contributed by atoms with Gasteiger partial charge in [-0.15, -0.1) is 0 Å². The van der Waals surface area contributed by atoms with Gasteiger partial charge < -0.3 is 10.6 Å². The van der Waals surface area contributed by atoms with Crippen molar-refractivity contribution in [1.82, 2.24) is 0 Å². The van der Waals surface area contributed by atoms with Gasteiger partial charge in [0, 0.05) is 6.54 Å². The maximum absolute atomic E-state index is 11.8. The molecule has 1 aliphatic heterocycles. The molecule has 1 aliphatic rings. The maximum Gasteiger partial charge on any atom is 0.229 e. The minimum absolute atomic E-state index is 0.00686. The molecule has 1 aromatic carbocycles. The Balaban J connectivity index is 2.46. The van der Waals surface area contributed by atoms with E-state index in [2.05, 4.69) is 30.5 Å². The third kappa shape index (κ3) is 1.90. The first-order valence-corrected chi connectivity index (χ1v) is 5.77. The van der Waals surface area contributed by atoms with E-state index in [-0.39, 0.29) is 11.8 Å². The van der Waals surface area contributed by atoms with Gasteiger partial charge in [-0.05, 0) is 17.5 Å². The van der Waals surface area contributed by atoms with Gasteiger partial charge in [-0.1, -0.05) is 32.9 Å². The molecule has 2 rings (SSSR count). The molecule has 0 bridgehead atoms. The highest BCUT2D eigenvalue weighted by Crippen LogP contribution is 2.33. The zero-order chi connectivity index (χ0) is 11.7. The number of hydrogen-bond acceptors (Lipinski definition) is 2. The van der Waals surface area contributed by atoms with Crippen LogP contribution in [0.2, 0.25) is 0 Å². The van der Waals surface area contributed by atoms with E-state index in [0.29, 0.717) is 12.5 Å². The number of anilines is 2. The molecule has 1 atom stereocenters. The van der Waals surface area contributed by atoms with Gasteiger partial charge in [-0.25, -0.2) is 0 Å². The molecule has 1 amide bonds. The Labute approximate surface area is 96.2 Å². The van der Waals surface area contributed by atoms with Crippen LogP contribution in [-0.4, -0.2) is 12.5 Å². The predicted molar refractivity (Wildman–Crippen MR) is 66.8 cm³/mol. The highest BCUT2D eigenvalue weighted by molar-refractivity contribution is 5.98. The van der Waals surface area contributed by atoms with Crippen LogP contribution < -0.4 is 10.6 Å². The molecule has 3 nitrogen and oxygen atoms in total. The van der Waals surface area contributed by atoms with Crippen LogP contribution in [-0.2, 0) is 4.79 Å². The lowest BCUT2D eigenvalue weighted by atomic mass is 10.00. The Morgan fingerprint density at radius 3 is 2.81 bits per heavy atom. The normalized spacial score (nSPS) is 19.8. The number of nitrogens with one attached hydrogen (secondary N) is 2. The van der Waals surface area contributed by atoms with Crippen molar-refractivity contribution >= 4 is 17.3 Å². The molecule has 1 heterocycles. The third-order valence-electron chi connectivity index (χ3n) is 3.01. The van der Waals surface area contributed by atoms with Gasteiger partial charge in [0.25, 0.3) is 0 Å². The Morgan fingerprint density at radius 2 is 2.12 bits per heavy atom. The Hall–Kier alpha value is -1.51. The Kier molecular flexibility index (Phi) is 2.86. The molecular weight excluding hydrogens is 200 g/mol. The summed E-state index contributed by atoms with van der Waals surface area (Å²) in [6, 6.07) is 6.12. The fourth-order valence-electron chi connectivity index (χ4n) is 1.94. The van der Waals surface area contributed by atoms with E-state index in [0.717, 1.165) is 11.4 Å². The summed E-state index contributed by atoms with van der Waals surface area (Å²) >= 11 is 0. The zero-order valence-corrected chi connectivity index (χ0v) is 10.0. The molecule has 0 saturated carbocycles. The second-order valence-electron chi connectivity index (χ2n) is 4.70. The number of hydrogen-bond donors (Lipinski definition) is 2. The maximum atomic E-state index is 11.8. The van der Waals surface area contributed by atoms with Gasteiger partial charge in [0.05, 0.1) is 17.3 Å². The van der Waals surface area contributed by atoms with E-state index >= 15 is 0 Å². The lowest BCUT2D eigenvalue weighted by Gasteiger charge is -2.15. The molecule has 0 aliphatic carbocycles. The van der Waals surface area contributed by atoms with E-state index < -0.39 is 0 Å². The molecule has 0 spiro atoms. The van der Waals surface area contributed by atoms with E-state index in [4.69, 9.17) is 0 Å². The van der Waals surface area contributed by atoms with E-state index in [9.17, 15) is 4.79 Å². The van der Waals surface area contributed by atoms with Crippen molar-refractivity contribution in [3.8, 4) is 0 Å². The van der Waals surface area contributed by atoms with Crippen molar-refractivity contribution in [3.63, 3.8) is 0 Å². The molecule has 16 heavy (non-hydrogen) atoms. The number of benzene rings is 1. The van der Waals surface area contributed by atoms with E-state index in [1.165, 1.54) is 5.56 Å². The molecule has 3 heteroatoms. The largest absolute Gasteiger partial charge is 0.383 e. The van der Waals surface area contributed by atoms with Crippen LogP contribution in [0.15, 0.2) is 18.2 Å². The lowest BCUT2D eigenvalue weighted by molar-refractivity contribution is -0.118. The zero-order valence-electron chi connectivity index (χ0n) is 10.0. The summed E-state index contributed by atoms with van der Waals surface area (Å²) in [4.78, 5) is 11.8. The van der Waals surface area contributed by atoms with Gasteiger partial charge in [0.2, 0.25) is 5.91 Å². The summed E-state index contributed by atoms with van der Waals surface area (Å²) in [5.74, 6) is 0.511. The summed E-state index contributed by atoms with van der Waals surface area (Å²) in [7, 11) is 0. The first-order chi connectivity index (χ1) is 7.59. The molecule has 0 radical (unpaired) electrons. The monoisotopic (exact) mass is 218 g/mol. The molecule has 2 N–H and O–H groups in total. The highest BCUT2D eigenvalue weighted by atomic mass is 16.1. The molecule has 0 aromatic heterocycles. The number of rotatable bonds is 1. The average Bonchev–Trinajstić information content (AvgIpc) is 2.39. The quantitative estimate of drug-likeness (QED) is 0.761. The molecule has 1 aromatic rings. The van der Waals surface area contributed by atoms with Crippen molar-refractivity contribution in [3.05, 3.63) is 23.8 Å². The minimum atomic E-state index is 0.00686. The van der Waals surface area contributed by atoms with E-state index in [1.807, 2.05) is 19.1 Å². The number of fused-ring (bicyclic) bond motifs is 1. The van der Waals surface area contributed by atoms with Crippen LogP contribution in [0.3, 0.4) is 0 Å². The summed E-state index contributed by atoms with van der Waals surface area (Å²) in [5, 5.41) is 6.34. The number of carbonyl (C=O) groups is 1. The number of carbonyl (C=O) groups excluding carboxylic acids is 1. The van der Waals surface area contributed by atoms with Crippen LogP contribution in [0.5, 0.6) is 0 Å². The average molecular weight is 218 g/mol. The van der Waals surface area contributed by atoms with Crippen LogP contribution in [0, 0.1) is 5.92 Å². The van der Waals surface area contributed by atoms with Gasteiger partial charge >= 0.3 is 0 Å². The van der Waals surface area contributed by atoms with Gasteiger partial charge in [0.1, 0.15) is 0 Å². The SMILES string of the molecule is CC1CNc2cccc(C(C)C)c2NC1=O. The van der Waals surface area contributed by atoms with Crippen LogP contribution >= 0.6 is 0 Å². The highest BCUT2D eigenvalue weighted by Gasteiger charge is 2.21. The fourth-order valence-corrected chi connectivity index (χ4v) is 1.94. The van der Waals surface area contributed by atoms with Crippen molar-refractivity contribution in [2.45, 2.75) is 26.7 Å². The molecular formula is C13H18N2O. The number of para-hydroxylation sites is 1. The fraction of sp³-hybridized carbons (Fsp3) is 0.462. The molecule has 0 fully saturated rings. The standard InChI is InChI=1S/C13H18N2O/c1-8(2)10-5-4-6-11-12(10)15-13(16)9(3)7-14-11/h4-6,8-9,14H,7H2,1-3H3,(H,15,16). The Morgan fingerprint density at radius 1 is 1.38 bits per heavy atom. The molecule has 1 unspecified atom stereocenters. The van der Waals surface area contributed by atoms with Gasteiger partial charge in [-0.2, -0.15) is 0 Å². The van der Waals surface area contributed by atoms with Gasteiger partial charge in [0.15, 0.2) is 0 Å². The smallest absolute Gasteiger partial charge is 0.229 e. The molecule has 0 saturated heterocycles. The van der Waals surface area contributed by atoms with Crippen molar-refractivity contribution in [2.24, 2.45) is 5.92 Å². The van der Waals surface area contributed by atoms with Crippen LogP contribution in [0.25, 0.3) is 0 Å². The van der Waals surface area contributed by atoms with Crippen LogP contribution in [0.4, 0.5) is 11.4 Å². The van der Waals surface area contributed by atoms with Crippen molar-refractivity contribution in [1.29, 1.82) is 0 Å². The first-order valence-electron chi connectivity index (χ1n) is 5.77. The predicted octanol–water partition coefficient (Wildman–Crippen LogP) is 2.81. The summed E-state index contributed by atoms with van der Waals surface area (Å²) in [6.45, 7) is 6.90. The summed E-state index contributed by atoms with van der Waals surface area (Å²) < 4.78 is 0. The number of amides is 1. The topological polar surface area (TPSA) is 41.1 Å². The first kappa shape index (κ1) is 11.0. The summed E-state index contributed by atoms with van der Waals surface area (Å²) in [5.41, 5.74) is 3.17. The van der Waals surface area contributed by atoms with Crippen molar-refractivity contribution in [2.75, 3.05) is 17.2 Å². The van der Waals surface area contributed by atoms with Crippen molar-refractivity contribution < 1.29 is 4.79 Å². The lowest BCUT2D eigenvalue weighted by Crippen LogP contribution is -2.22. The molecule has 86 valence electrons. The van der Waals surface area contributed by atoms with E-state index in [1.54, 1.807) is 0 Å². The minimum Gasteiger partial charge on any atom is -0.383 e. The third-order valence-corrected chi connectivity index (χ3v) is 3.01. The second kappa shape index (κ2) is 4.16.